The Balaban J connectivity index is 1.64. The number of halogens is 3. The second-order valence-corrected chi connectivity index (χ2v) is 6.93. The summed E-state index contributed by atoms with van der Waals surface area (Å²) < 4.78 is 15.7. The van der Waals surface area contributed by atoms with Crippen molar-refractivity contribution < 1.29 is 4.39 Å². The average molecular weight is 399 g/mol. The summed E-state index contributed by atoms with van der Waals surface area (Å²) in [6, 6.07) is 13.7. The highest BCUT2D eigenvalue weighted by atomic mass is 79.9. The van der Waals surface area contributed by atoms with Crippen molar-refractivity contribution in [1.29, 1.82) is 0 Å². The first-order valence-corrected chi connectivity index (χ1v) is 8.18. The van der Waals surface area contributed by atoms with E-state index in [1.165, 1.54) is 11.6 Å². The highest BCUT2D eigenvalue weighted by Crippen LogP contribution is 2.41. The van der Waals surface area contributed by atoms with Gasteiger partial charge in [0.05, 0.1) is 5.69 Å². The molecule has 1 N–H and O–H groups in total. The maximum Gasteiger partial charge on any atom is 0.146 e. The van der Waals surface area contributed by atoms with Gasteiger partial charge < -0.3 is 5.32 Å². The third-order valence-corrected chi connectivity index (χ3v) is 4.99. The van der Waals surface area contributed by atoms with E-state index >= 15 is 0 Å². The Morgan fingerprint density at radius 3 is 2.55 bits per heavy atom. The van der Waals surface area contributed by atoms with E-state index in [1.807, 2.05) is 6.07 Å². The molecule has 0 aromatic heterocycles. The van der Waals surface area contributed by atoms with Crippen LogP contribution in [0.15, 0.2) is 51.4 Å². The van der Waals surface area contributed by atoms with Crippen LogP contribution in [0.1, 0.15) is 24.3 Å². The number of anilines is 1. The van der Waals surface area contributed by atoms with Crippen molar-refractivity contribution in [3.8, 4) is 0 Å². The average Bonchev–Trinajstić information content (AvgIpc) is 2.38. The predicted octanol–water partition coefficient (Wildman–Crippen LogP) is 5.71. The molecule has 0 heterocycles. The van der Waals surface area contributed by atoms with E-state index in [1.54, 1.807) is 12.1 Å². The molecule has 0 spiro atoms. The Hall–Kier alpha value is -0.870. The van der Waals surface area contributed by atoms with Crippen LogP contribution in [0.5, 0.6) is 0 Å². The molecule has 3 rings (SSSR count). The Labute approximate surface area is 134 Å². The summed E-state index contributed by atoms with van der Waals surface area (Å²) in [7, 11) is 0. The van der Waals surface area contributed by atoms with E-state index in [0.717, 1.165) is 21.8 Å². The minimum absolute atomic E-state index is 0.197. The zero-order valence-corrected chi connectivity index (χ0v) is 13.9. The van der Waals surface area contributed by atoms with Gasteiger partial charge in [-0.3, -0.25) is 0 Å². The van der Waals surface area contributed by atoms with E-state index in [0.29, 0.717) is 17.6 Å². The van der Waals surface area contributed by atoms with Crippen molar-refractivity contribution in [3.63, 3.8) is 0 Å². The monoisotopic (exact) mass is 397 g/mol. The van der Waals surface area contributed by atoms with Crippen LogP contribution in [0.3, 0.4) is 0 Å². The quantitative estimate of drug-likeness (QED) is 0.698. The molecule has 0 amide bonds. The minimum atomic E-state index is -0.197. The predicted molar refractivity (Wildman–Crippen MR) is 87.6 cm³/mol. The molecular weight excluding hydrogens is 385 g/mol. The van der Waals surface area contributed by atoms with E-state index in [4.69, 9.17) is 0 Å². The third kappa shape index (κ3) is 2.91. The van der Waals surface area contributed by atoms with Crippen LogP contribution in [0.2, 0.25) is 0 Å². The topological polar surface area (TPSA) is 12.0 Å². The molecule has 4 heteroatoms. The number of hydrogen-bond acceptors (Lipinski definition) is 1. The third-order valence-electron chi connectivity index (χ3n) is 3.77. The SMILES string of the molecule is Fc1ccc(Br)cc1NC1CC(c2ccccc2Br)C1. The van der Waals surface area contributed by atoms with Crippen molar-refractivity contribution in [3.05, 3.63) is 62.8 Å². The van der Waals surface area contributed by atoms with E-state index in [-0.39, 0.29) is 5.82 Å². The zero-order chi connectivity index (χ0) is 14.1. The smallest absolute Gasteiger partial charge is 0.146 e. The summed E-state index contributed by atoms with van der Waals surface area (Å²) in [5, 5.41) is 3.29. The molecule has 2 aromatic rings. The van der Waals surface area contributed by atoms with Gasteiger partial charge in [-0.2, -0.15) is 0 Å². The molecule has 0 radical (unpaired) electrons. The Kier molecular flexibility index (Phi) is 4.13. The van der Waals surface area contributed by atoms with Gasteiger partial charge in [-0.15, -0.1) is 0 Å². The summed E-state index contributed by atoms with van der Waals surface area (Å²) in [6.07, 6.45) is 2.07. The fourth-order valence-corrected chi connectivity index (χ4v) is 3.59. The van der Waals surface area contributed by atoms with Gasteiger partial charge in [-0.05, 0) is 48.6 Å². The van der Waals surface area contributed by atoms with Gasteiger partial charge in [-0.1, -0.05) is 50.1 Å². The van der Waals surface area contributed by atoms with Crippen molar-refractivity contribution in [1.82, 2.24) is 0 Å². The number of nitrogens with one attached hydrogen (secondary N) is 1. The van der Waals surface area contributed by atoms with Crippen LogP contribution in [0, 0.1) is 5.82 Å². The zero-order valence-electron chi connectivity index (χ0n) is 10.7. The maximum absolute atomic E-state index is 13.7. The molecule has 1 aliphatic rings. The largest absolute Gasteiger partial charge is 0.380 e. The second-order valence-electron chi connectivity index (χ2n) is 5.16. The molecule has 2 aromatic carbocycles. The summed E-state index contributed by atoms with van der Waals surface area (Å²) in [4.78, 5) is 0. The van der Waals surface area contributed by atoms with Gasteiger partial charge in [-0.25, -0.2) is 4.39 Å². The van der Waals surface area contributed by atoms with Crippen molar-refractivity contribution in [2.24, 2.45) is 0 Å². The van der Waals surface area contributed by atoms with Crippen LogP contribution in [0.25, 0.3) is 0 Å². The van der Waals surface area contributed by atoms with E-state index in [2.05, 4.69) is 55.4 Å². The first-order valence-electron chi connectivity index (χ1n) is 6.59. The molecule has 1 nitrogen and oxygen atoms in total. The summed E-state index contributed by atoms with van der Waals surface area (Å²) in [5.74, 6) is 0.357. The first kappa shape index (κ1) is 14.1. The van der Waals surface area contributed by atoms with Gasteiger partial charge >= 0.3 is 0 Å². The maximum atomic E-state index is 13.7. The van der Waals surface area contributed by atoms with Gasteiger partial charge in [0.2, 0.25) is 0 Å². The summed E-state index contributed by atoms with van der Waals surface area (Å²) in [6.45, 7) is 0. The van der Waals surface area contributed by atoms with Gasteiger partial charge in [0.25, 0.3) is 0 Å². The van der Waals surface area contributed by atoms with Crippen LogP contribution >= 0.6 is 31.9 Å². The normalized spacial score (nSPS) is 21.4. The fourth-order valence-electron chi connectivity index (χ4n) is 2.62. The van der Waals surface area contributed by atoms with E-state index < -0.39 is 0 Å². The lowest BCUT2D eigenvalue weighted by atomic mass is 9.76. The van der Waals surface area contributed by atoms with Crippen molar-refractivity contribution >= 4 is 37.5 Å². The molecule has 0 bridgehead atoms. The standard InChI is InChI=1S/C16H14Br2FN/c17-11-5-6-15(19)16(9-11)20-12-7-10(8-12)13-3-1-2-4-14(13)18/h1-6,9-10,12,20H,7-8H2. The first-order chi connectivity index (χ1) is 9.63. The molecule has 1 aliphatic carbocycles. The molecule has 0 saturated heterocycles. The molecule has 20 heavy (non-hydrogen) atoms. The highest BCUT2D eigenvalue weighted by molar-refractivity contribution is 9.10. The Bertz CT molecular complexity index is 624. The number of benzene rings is 2. The molecule has 0 unspecified atom stereocenters. The lowest BCUT2D eigenvalue weighted by Gasteiger charge is -2.37. The van der Waals surface area contributed by atoms with Gasteiger partial charge in [0, 0.05) is 15.0 Å². The van der Waals surface area contributed by atoms with Gasteiger partial charge in [0.1, 0.15) is 5.82 Å². The molecular formula is C16H14Br2FN. The Morgan fingerprint density at radius 1 is 1.05 bits per heavy atom. The number of rotatable bonds is 3. The lowest BCUT2D eigenvalue weighted by Crippen LogP contribution is -2.34. The van der Waals surface area contributed by atoms with Crippen molar-refractivity contribution in [2.45, 2.75) is 24.8 Å². The highest BCUT2D eigenvalue weighted by Gasteiger charge is 2.31. The second kappa shape index (κ2) is 5.86. The Morgan fingerprint density at radius 2 is 1.80 bits per heavy atom. The van der Waals surface area contributed by atoms with Crippen molar-refractivity contribution in [2.75, 3.05) is 5.32 Å². The summed E-state index contributed by atoms with van der Waals surface area (Å²) >= 11 is 6.96. The molecule has 0 atom stereocenters. The molecule has 1 fully saturated rings. The molecule has 104 valence electrons. The molecule has 0 aliphatic heterocycles. The van der Waals surface area contributed by atoms with Crippen LogP contribution < -0.4 is 5.32 Å². The summed E-state index contributed by atoms with van der Waals surface area (Å²) in [5.41, 5.74) is 1.93. The van der Waals surface area contributed by atoms with E-state index in [9.17, 15) is 4.39 Å². The van der Waals surface area contributed by atoms with Crippen LogP contribution in [-0.4, -0.2) is 6.04 Å². The van der Waals surface area contributed by atoms with Gasteiger partial charge in [0.15, 0.2) is 0 Å². The minimum Gasteiger partial charge on any atom is -0.380 e. The number of hydrogen-bond donors (Lipinski definition) is 1. The fraction of sp³-hybridized carbons (Fsp3) is 0.250. The van der Waals surface area contributed by atoms with Crippen LogP contribution in [0.4, 0.5) is 10.1 Å². The molecule has 1 saturated carbocycles. The lowest BCUT2D eigenvalue weighted by molar-refractivity contribution is 0.372. The van der Waals surface area contributed by atoms with Crippen LogP contribution in [-0.2, 0) is 0 Å².